The summed E-state index contributed by atoms with van der Waals surface area (Å²) >= 11 is 0. The summed E-state index contributed by atoms with van der Waals surface area (Å²) in [6.45, 7) is 16.2. The van der Waals surface area contributed by atoms with E-state index in [-0.39, 0.29) is 12.0 Å². The molecule has 0 saturated heterocycles. The zero-order valence-electron chi connectivity index (χ0n) is 12.8. The Morgan fingerprint density at radius 2 is 2.00 bits per heavy atom. The van der Waals surface area contributed by atoms with E-state index in [2.05, 4.69) is 39.2 Å². The fourth-order valence-electron chi connectivity index (χ4n) is 1.89. The SMILES string of the molecule is C=C(C)CN(CC)c1cc(CO)cc(C(C)(C)C)n1. The van der Waals surface area contributed by atoms with Gasteiger partial charge in [-0.3, -0.25) is 0 Å². The van der Waals surface area contributed by atoms with Crippen molar-refractivity contribution in [2.24, 2.45) is 0 Å². The lowest BCUT2D eigenvalue weighted by Crippen LogP contribution is -2.27. The second-order valence-corrected chi connectivity index (χ2v) is 6.10. The third-order valence-electron chi connectivity index (χ3n) is 2.99. The molecule has 1 N–H and O–H groups in total. The van der Waals surface area contributed by atoms with Gasteiger partial charge in [0.1, 0.15) is 5.82 Å². The summed E-state index contributed by atoms with van der Waals surface area (Å²) in [5, 5.41) is 9.42. The van der Waals surface area contributed by atoms with E-state index in [0.29, 0.717) is 0 Å². The van der Waals surface area contributed by atoms with Crippen molar-refractivity contribution in [3.8, 4) is 0 Å². The van der Waals surface area contributed by atoms with Crippen LogP contribution in [0.1, 0.15) is 45.9 Å². The molecule has 0 aliphatic carbocycles. The maximum atomic E-state index is 9.42. The summed E-state index contributed by atoms with van der Waals surface area (Å²) in [6, 6.07) is 3.94. The van der Waals surface area contributed by atoms with Crippen LogP contribution in [0.4, 0.5) is 5.82 Å². The minimum atomic E-state index is -0.0252. The minimum Gasteiger partial charge on any atom is -0.392 e. The Labute approximate surface area is 117 Å². The number of aliphatic hydroxyl groups is 1. The second-order valence-electron chi connectivity index (χ2n) is 6.10. The molecule has 0 bridgehead atoms. The number of nitrogens with zero attached hydrogens (tertiary/aromatic N) is 2. The zero-order valence-corrected chi connectivity index (χ0v) is 12.8. The molecular weight excluding hydrogens is 236 g/mol. The highest BCUT2D eigenvalue weighted by molar-refractivity contribution is 5.44. The average Bonchev–Trinajstić information content (AvgIpc) is 2.34. The number of likely N-dealkylation sites (N-methyl/N-ethyl adjacent to an activating group) is 1. The first-order chi connectivity index (χ1) is 8.77. The molecule has 106 valence electrons. The summed E-state index contributed by atoms with van der Waals surface area (Å²) in [5.41, 5.74) is 3.00. The molecule has 0 aromatic carbocycles. The van der Waals surface area contributed by atoms with Crippen LogP contribution in [-0.4, -0.2) is 23.2 Å². The van der Waals surface area contributed by atoms with E-state index in [1.165, 1.54) is 0 Å². The Morgan fingerprint density at radius 1 is 1.37 bits per heavy atom. The van der Waals surface area contributed by atoms with Gasteiger partial charge < -0.3 is 10.0 Å². The Hall–Kier alpha value is -1.35. The van der Waals surface area contributed by atoms with E-state index in [9.17, 15) is 5.11 Å². The van der Waals surface area contributed by atoms with Gasteiger partial charge >= 0.3 is 0 Å². The number of hydrogen-bond donors (Lipinski definition) is 1. The van der Waals surface area contributed by atoms with E-state index in [0.717, 1.165) is 35.7 Å². The van der Waals surface area contributed by atoms with E-state index >= 15 is 0 Å². The van der Waals surface area contributed by atoms with Crippen LogP contribution in [0.5, 0.6) is 0 Å². The summed E-state index contributed by atoms with van der Waals surface area (Å²) in [7, 11) is 0. The molecule has 0 fully saturated rings. The highest BCUT2D eigenvalue weighted by atomic mass is 16.3. The van der Waals surface area contributed by atoms with Gasteiger partial charge in [0.25, 0.3) is 0 Å². The molecule has 3 heteroatoms. The van der Waals surface area contributed by atoms with E-state index < -0.39 is 0 Å². The monoisotopic (exact) mass is 262 g/mol. The standard InChI is InChI=1S/C16H26N2O/c1-7-18(10-12(2)3)15-9-13(11-19)8-14(17-15)16(4,5)6/h8-9,19H,2,7,10-11H2,1,3-6H3. The van der Waals surface area contributed by atoms with Gasteiger partial charge in [-0.2, -0.15) is 0 Å². The predicted octanol–water partition coefficient (Wildman–Crippen LogP) is 3.27. The highest BCUT2D eigenvalue weighted by Gasteiger charge is 2.18. The summed E-state index contributed by atoms with van der Waals surface area (Å²) < 4.78 is 0. The normalized spacial score (nSPS) is 11.5. The topological polar surface area (TPSA) is 36.4 Å². The first-order valence-corrected chi connectivity index (χ1v) is 6.79. The van der Waals surface area contributed by atoms with Crippen LogP contribution in [0, 0.1) is 0 Å². The van der Waals surface area contributed by atoms with Gasteiger partial charge in [0.15, 0.2) is 0 Å². The van der Waals surface area contributed by atoms with Crippen molar-refractivity contribution in [1.82, 2.24) is 4.98 Å². The van der Waals surface area contributed by atoms with Gasteiger partial charge in [-0.1, -0.05) is 32.9 Å². The Morgan fingerprint density at radius 3 is 2.42 bits per heavy atom. The lowest BCUT2D eigenvalue weighted by Gasteiger charge is -2.26. The number of aliphatic hydroxyl groups excluding tert-OH is 1. The van der Waals surface area contributed by atoms with Crippen molar-refractivity contribution >= 4 is 5.82 Å². The number of pyridine rings is 1. The van der Waals surface area contributed by atoms with Crippen molar-refractivity contribution in [3.63, 3.8) is 0 Å². The quantitative estimate of drug-likeness (QED) is 0.827. The van der Waals surface area contributed by atoms with E-state index in [1.807, 2.05) is 19.1 Å². The molecule has 0 radical (unpaired) electrons. The molecule has 0 amide bonds. The predicted molar refractivity (Wildman–Crippen MR) is 81.6 cm³/mol. The molecular formula is C16H26N2O. The Bertz CT molecular complexity index is 447. The highest BCUT2D eigenvalue weighted by Crippen LogP contribution is 2.25. The summed E-state index contributed by atoms with van der Waals surface area (Å²) in [4.78, 5) is 6.93. The van der Waals surface area contributed by atoms with E-state index in [1.54, 1.807) is 0 Å². The van der Waals surface area contributed by atoms with Gasteiger partial charge in [0.05, 0.1) is 6.61 Å². The molecule has 3 nitrogen and oxygen atoms in total. The number of aromatic nitrogens is 1. The van der Waals surface area contributed by atoms with Gasteiger partial charge in [-0.15, -0.1) is 0 Å². The maximum absolute atomic E-state index is 9.42. The maximum Gasteiger partial charge on any atom is 0.129 e. The van der Waals surface area contributed by atoms with Crippen LogP contribution in [0.2, 0.25) is 0 Å². The van der Waals surface area contributed by atoms with Crippen LogP contribution < -0.4 is 4.90 Å². The molecule has 1 rings (SSSR count). The molecule has 19 heavy (non-hydrogen) atoms. The molecule has 0 unspecified atom stereocenters. The number of rotatable bonds is 5. The smallest absolute Gasteiger partial charge is 0.129 e. The van der Waals surface area contributed by atoms with Gasteiger partial charge in [-0.25, -0.2) is 4.98 Å². The molecule has 0 atom stereocenters. The van der Waals surface area contributed by atoms with Crippen molar-refractivity contribution in [2.45, 2.75) is 46.6 Å². The Balaban J connectivity index is 3.22. The van der Waals surface area contributed by atoms with Crippen LogP contribution in [0.3, 0.4) is 0 Å². The fraction of sp³-hybridized carbons (Fsp3) is 0.562. The third-order valence-corrected chi connectivity index (χ3v) is 2.99. The number of hydrogen-bond acceptors (Lipinski definition) is 3. The zero-order chi connectivity index (χ0) is 14.6. The van der Waals surface area contributed by atoms with Crippen molar-refractivity contribution < 1.29 is 5.11 Å². The second kappa shape index (κ2) is 6.20. The Kier molecular flexibility index (Phi) is 5.12. The molecule has 1 aromatic heterocycles. The van der Waals surface area contributed by atoms with E-state index in [4.69, 9.17) is 4.98 Å². The molecule has 0 saturated carbocycles. The van der Waals surface area contributed by atoms with Gasteiger partial charge in [0, 0.05) is 24.2 Å². The fourth-order valence-corrected chi connectivity index (χ4v) is 1.89. The molecule has 0 aliphatic rings. The van der Waals surface area contributed by atoms with Crippen LogP contribution in [0.15, 0.2) is 24.3 Å². The molecule has 0 aliphatic heterocycles. The van der Waals surface area contributed by atoms with Crippen molar-refractivity contribution in [1.29, 1.82) is 0 Å². The average molecular weight is 262 g/mol. The van der Waals surface area contributed by atoms with Crippen LogP contribution in [-0.2, 0) is 12.0 Å². The van der Waals surface area contributed by atoms with Crippen molar-refractivity contribution in [2.75, 3.05) is 18.0 Å². The van der Waals surface area contributed by atoms with Crippen LogP contribution in [0.25, 0.3) is 0 Å². The summed E-state index contributed by atoms with van der Waals surface area (Å²) in [6.07, 6.45) is 0. The van der Waals surface area contributed by atoms with Crippen molar-refractivity contribution in [3.05, 3.63) is 35.5 Å². The largest absolute Gasteiger partial charge is 0.392 e. The first-order valence-electron chi connectivity index (χ1n) is 6.79. The molecule has 0 spiro atoms. The van der Waals surface area contributed by atoms with Gasteiger partial charge in [-0.05, 0) is 31.5 Å². The lowest BCUT2D eigenvalue weighted by molar-refractivity contribution is 0.281. The number of anilines is 1. The summed E-state index contributed by atoms with van der Waals surface area (Å²) in [5.74, 6) is 0.918. The molecule has 1 heterocycles. The minimum absolute atomic E-state index is 0.0252. The third kappa shape index (κ3) is 4.35. The first kappa shape index (κ1) is 15.7. The van der Waals surface area contributed by atoms with Gasteiger partial charge in [0.2, 0.25) is 0 Å². The van der Waals surface area contributed by atoms with Crippen LogP contribution >= 0.6 is 0 Å². The lowest BCUT2D eigenvalue weighted by atomic mass is 9.91. The molecule has 1 aromatic rings.